The number of carbonyl (C=O) groups excluding carboxylic acids is 1. The number of rotatable bonds is 7. The summed E-state index contributed by atoms with van der Waals surface area (Å²) < 4.78 is 31.5. The molecule has 0 bridgehead atoms. The van der Waals surface area contributed by atoms with E-state index in [0.29, 0.717) is 5.56 Å². The summed E-state index contributed by atoms with van der Waals surface area (Å²) >= 11 is 0. The van der Waals surface area contributed by atoms with Gasteiger partial charge in [0.1, 0.15) is 5.75 Å². The normalized spacial score (nSPS) is 12.3. The topological polar surface area (TPSA) is 90.7 Å². The van der Waals surface area contributed by atoms with Gasteiger partial charge in [-0.3, -0.25) is 4.79 Å². The summed E-state index contributed by atoms with van der Waals surface area (Å²) in [4.78, 5) is 14.2. The molecular weight excluding hydrogens is 378 g/mol. The van der Waals surface area contributed by atoms with Crippen LogP contribution in [0.1, 0.15) is 24.1 Å². The number of sulfonamides is 1. The standard InChI is InChI=1S/C20H23N3O4S/c1-15(17-7-9-18(27-4)10-8-17)23(3)20(24)14-22(2)28(25,26)19-11-5-16(13-21)6-12-19/h5-12,15H,14H2,1-4H3. The third-order valence-electron chi connectivity index (χ3n) is 4.62. The second kappa shape index (κ2) is 8.87. The Morgan fingerprint density at radius 3 is 2.18 bits per heavy atom. The van der Waals surface area contributed by atoms with Crippen LogP contribution in [0.15, 0.2) is 53.4 Å². The number of carbonyl (C=O) groups is 1. The quantitative estimate of drug-likeness (QED) is 0.711. The minimum atomic E-state index is -3.83. The number of amides is 1. The van der Waals surface area contributed by atoms with Gasteiger partial charge in [-0.1, -0.05) is 12.1 Å². The first-order chi connectivity index (χ1) is 13.2. The first-order valence-corrected chi connectivity index (χ1v) is 10.0. The molecule has 7 nitrogen and oxygen atoms in total. The number of benzene rings is 2. The molecule has 0 aliphatic carbocycles. The fraction of sp³-hybridized carbons (Fsp3) is 0.300. The Labute approximate surface area is 165 Å². The fourth-order valence-electron chi connectivity index (χ4n) is 2.59. The Kier molecular flexibility index (Phi) is 6.78. The molecule has 0 aliphatic rings. The summed E-state index contributed by atoms with van der Waals surface area (Å²) in [5.74, 6) is 0.390. The summed E-state index contributed by atoms with van der Waals surface area (Å²) in [5, 5.41) is 8.83. The molecule has 8 heteroatoms. The molecule has 0 heterocycles. The Balaban J connectivity index is 2.09. The Hall–Kier alpha value is -2.89. The van der Waals surface area contributed by atoms with Crippen LogP contribution in [0.25, 0.3) is 0 Å². The second-order valence-electron chi connectivity index (χ2n) is 6.35. The van der Waals surface area contributed by atoms with Crippen molar-refractivity contribution in [3.8, 4) is 11.8 Å². The first-order valence-electron chi connectivity index (χ1n) is 8.56. The number of nitriles is 1. The van der Waals surface area contributed by atoms with Crippen molar-refractivity contribution in [3.05, 3.63) is 59.7 Å². The molecule has 0 saturated heterocycles. The Morgan fingerprint density at radius 2 is 1.68 bits per heavy atom. The number of nitrogens with zero attached hydrogens (tertiary/aromatic N) is 3. The first kappa shape index (κ1) is 21.4. The minimum absolute atomic E-state index is 0.0349. The number of methoxy groups -OCH3 is 1. The van der Waals surface area contributed by atoms with Crippen LogP contribution in [0.2, 0.25) is 0 Å². The van der Waals surface area contributed by atoms with Gasteiger partial charge in [0.15, 0.2) is 0 Å². The highest BCUT2D eigenvalue weighted by atomic mass is 32.2. The predicted molar refractivity (Wildman–Crippen MR) is 105 cm³/mol. The maximum absolute atomic E-state index is 12.7. The lowest BCUT2D eigenvalue weighted by molar-refractivity contribution is -0.131. The molecule has 0 saturated carbocycles. The zero-order chi connectivity index (χ0) is 20.9. The zero-order valence-electron chi connectivity index (χ0n) is 16.3. The molecule has 0 aromatic heterocycles. The van der Waals surface area contributed by atoms with Crippen LogP contribution < -0.4 is 4.74 Å². The minimum Gasteiger partial charge on any atom is -0.497 e. The molecule has 0 aliphatic heterocycles. The van der Waals surface area contributed by atoms with E-state index in [9.17, 15) is 13.2 Å². The van der Waals surface area contributed by atoms with Gasteiger partial charge in [0, 0.05) is 14.1 Å². The van der Waals surface area contributed by atoms with Crippen molar-refractivity contribution < 1.29 is 17.9 Å². The van der Waals surface area contributed by atoms with Gasteiger partial charge in [-0.05, 0) is 48.9 Å². The smallest absolute Gasteiger partial charge is 0.243 e. The van der Waals surface area contributed by atoms with E-state index in [-0.39, 0.29) is 23.4 Å². The van der Waals surface area contributed by atoms with Crippen LogP contribution in [-0.2, 0) is 14.8 Å². The van der Waals surface area contributed by atoms with E-state index in [0.717, 1.165) is 15.6 Å². The monoisotopic (exact) mass is 401 g/mol. The molecular formula is C20H23N3O4S. The van der Waals surface area contributed by atoms with Gasteiger partial charge >= 0.3 is 0 Å². The molecule has 148 valence electrons. The van der Waals surface area contributed by atoms with E-state index >= 15 is 0 Å². The van der Waals surface area contributed by atoms with E-state index in [1.54, 1.807) is 14.2 Å². The van der Waals surface area contributed by atoms with Crippen LogP contribution in [-0.4, -0.2) is 51.3 Å². The van der Waals surface area contributed by atoms with Gasteiger partial charge in [0.2, 0.25) is 15.9 Å². The average Bonchev–Trinajstić information content (AvgIpc) is 2.72. The molecule has 1 amide bonds. The second-order valence-corrected chi connectivity index (χ2v) is 8.40. The highest BCUT2D eigenvalue weighted by molar-refractivity contribution is 7.89. The molecule has 0 N–H and O–H groups in total. The van der Waals surface area contributed by atoms with Gasteiger partial charge in [-0.15, -0.1) is 0 Å². The van der Waals surface area contributed by atoms with E-state index in [2.05, 4.69) is 0 Å². The summed E-state index contributed by atoms with van der Waals surface area (Å²) in [6.45, 7) is 1.58. The SMILES string of the molecule is COc1ccc(C(C)N(C)C(=O)CN(C)S(=O)(=O)c2ccc(C#N)cc2)cc1. The van der Waals surface area contributed by atoms with Crippen molar-refractivity contribution in [1.82, 2.24) is 9.21 Å². The summed E-state index contributed by atoms with van der Waals surface area (Å²) in [6.07, 6.45) is 0. The number of ether oxygens (including phenoxy) is 1. The van der Waals surface area contributed by atoms with E-state index in [1.807, 2.05) is 37.3 Å². The molecule has 0 spiro atoms. The van der Waals surface area contributed by atoms with Gasteiger partial charge in [0.05, 0.1) is 36.2 Å². The molecule has 2 rings (SSSR count). The van der Waals surface area contributed by atoms with E-state index in [1.165, 1.54) is 36.2 Å². The fourth-order valence-corrected chi connectivity index (χ4v) is 3.71. The number of hydrogen-bond donors (Lipinski definition) is 0. The third-order valence-corrected chi connectivity index (χ3v) is 6.44. The van der Waals surface area contributed by atoms with Crippen molar-refractivity contribution in [2.75, 3.05) is 27.7 Å². The zero-order valence-corrected chi connectivity index (χ0v) is 17.1. The van der Waals surface area contributed by atoms with E-state index in [4.69, 9.17) is 10.00 Å². The highest BCUT2D eigenvalue weighted by Gasteiger charge is 2.26. The largest absolute Gasteiger partial charge is 0.497 e. The summed E-state index contributed by atoms with van der Waals surface area (Å²) in [6, 6.07) is 14.6. The molecule has 2 aromatic carbocycles. The van der Waals surface area contributed by atoms with Gasteiger partial charge < -0.3 is 9.64 Å². The van der Waals surface area contributed by atoms with Crippen molar-refractivity contribution in [1.29, 1.82) is 5.26 Å². The van der Waals surface area contributed by atoms with Crippen LogP contribution in [0.5, 0.6) is 5.75 Å². The Bertz CT molecular complexity index is 964. The summed E-state index contributed by atoms with van der Waals surface area (Å²) in [5.41, 5.74) is 1.28. The van der Waals surface area contributed by atoms with Crippen molar-refractivity contribution in [2.45, 2.75) is 17.9 Å². The summed E-state index contributed by atoms with van der Waals surface area (Å²) in [7, 11) is 0.746. The van der Waals surface area contributed by atoms with Crippen molar-refractivity contribution in [3.63, 3.8) is 0 Å². The lowest BCUT2D eigenvalue weighted by Gasteiger charge is -2.27. The molecule has 1 unspecified atom stereocenters. The molecule has 28 heavy (non-hydrogen) atoms. The van der Waals surface area contributed by atoms with Crippen molar-refractivity contribution in [2.24, 2.45) is 0 Å². The van der Waals surface area contributed by atoms with Crippen LogP contribution in [0, 0.1) is 11.3 Å². The number of hydrogen-bond acceptors (Lipinski definition) is 5. The van der Waals surface area contributed by atoms with Gasteiger partial charge in [-0.2, -0.15) is 9.57 Å². The van der Waals surface area contributed by atoms with Crippen LogP contribution in [0.3, 0.4) is 0 Å². The molecule has 0 fully saturated rings. The molecule has 1 atom stereocenters. The molecule has 2 aromatic rings. The predicted octanol–water partition coefficient (Wildman–Crippen LogP) is 2.41. The lowest BCUT2D eigenvalue weighted by Crippen LogP contribution is -2.40. The van der Waals surface area contributed by atoms with Gasteiger partial charge in [0.25, 0.3) is 0 Å². The lowest BCUT2D eigenvalue weighted by atomic mass is 10.1. The van der Waals surface area contributed by atoms with Crippen molar-refractivity contribution >= 4 is 15.9 Å². The maximum atomic E-state index is 12.7. The van der Waals surface area contributed by atoms with E-state index < -0.39 is 10.0 Å². The molecule has 0 radical (unpaired) electrons. The van der Waals surface area contributed by atoms with Crippen LogP contribution >= 0.6 is 0 Å². The maximum Gasteiger partial charge on any atom is 0.243 e. The van der Waals surface area contributed by atoms with Gasteiger partial charge in [-0.25, -0.2) is 8.42 Å². The number of likely N-dealkylation sites (N-methyl/N-ethyl adjacent to an activating group) is 2. The average molecular weight is 401 g/mol. The third kappa shape index (κ3) is 4.68. The Morgan fingerprint density at radius 1 is 1.11 bits per heavy atom. The highest BCUT2D eigenvalue weighted by Crippen LogP contribution is 2.22. The van der Waals surface area contributed by atoms with Crippen LogP contribution in [0.4, 0.5) is 0 Å².